The zero-order valence-electron chi connectivity index (χ0n) is 6.48. The summed E-state index contributed by atoms with van der Waals surface area (Å²) < 4.78 is 0. The molecular weight excluding hydrogens is 144 g/mol. The lowest BCUT2D eigenvalue weighted by Crippen LogP contribution is -2.07. The van der Waals surface area contributed by atoms with E-state index in [1.807, 2.05) is 13.8 Å². The molecular formula is C7H10N2O2. The van der Waals surface area contributed by atoms with Crippen LogP contribution in [0.3, 0.4) is 0 Å². The highest BCUT2D eigenvalue weighted by Crippen LogP contribution is 2.18. The fourth-order valence-electron chi connectivity index (χ4n) is 0.797. The van der Waals surface area contributed by atoms with Crippen molar-refractivity contribution in [1.29, 1.82) is 0 Å². The van der Waals surface area contributed by atoms with Crippen LogP contribution in [-0.2, 0) is 4.79 Å². The number of aliphatic carboxylic acids is 1. The van der Waals surface area contributed by atoms with Crippen molar-refractivity contribution in [2.24, 2.45) is 16.1 Å². The van der Waals surface area contributed by atoms with Gasteiger partial charge in [-0.1, -0.05) is 13.8 Å². The Morgan fingerprint density at radius 3 is 2.64 bits per heavy atom. The number of nitrogens with zero attached hydrogens (tertiary/aromatic N) is 2. The number of carboxylic acid groups (broad SMARTS) is 1. The van der Waals surface area contributed by atoms with Crippen molar-refractivity contribution >= 4 is 5.97 Å². The van der Waals surface area contributed by atoms with Crippen molar-refractivity contribution in [1.82, 2.24) is 0 Å². The van der Waals surface area contributed by atoms with Gasteiger partial charge in [0.1, 0.15) is 0 Å². The molecule has 1 heterocycles. The minimum atomic E-state index is -1.00. The van der Waals surface area contributed by atoms with Gasteiger partial charge >= 0.3 is 5.97 Å². The zero-order chi connectivity index (χ0) is 8.43. The Kier molecular flexibility index (Phi) is 2.03. The normalized spacial score (nSPS) is 22.5. The van der Waals surface area contributed by atoms with Crippen molar-refractivity contribution in [2.45, 2.75) is 19.9 Å². The molecule has 0 amide bonds. The maximum atomic E-state index is 10.3. The minimum Gasteiger partial charge on any atom is -0.476 e. The monoisotopic (exact) mass is 154 g/mol. The first-order chi connectivity index (χ1) is 5.11. The molecule has 60 valence electrons. The van der Waals surface area contributed by atoms with E-state index in [0.717, 1.165) is 0 Å². The topological polar surface area (TPSA) is 62.0 Å². The van der Waals surface area contributed by atoms with Gasteiger partial charge in [-0.25, -0.2) is 4.79 Å². The van der Waals surface area contributed by atoms with Gasteiger partial charge in [0.15, 0.2) is 5.70 Å². The summed E-state index contributed by atoms with van der Waals surface area (Å²) in [5, 5.41) is 15.8. The van der Waals surface area contributed by atoms with E-state index in [2.05, 4.69) is 10.2 Å². The highest BCUT2D eigenvalue weighted by molar-refractivity contribution is 5.86. The van der Waals surface area contributed by atoms with Crippen LogP contribution in [0.25, 0.3) is 0 Å². The fraction of sp³-hybridized carbons (Fsp3) is 0.571. The highest BCUT2D eigenvalue weighted by atomic mass is 16.4. The second-order valence-corrected chi connectivity index (χ2v) is 2.81. The molecule has 1 aliphatic heterocycles. The number of hydrogen-bond acceptors (Lipinski definition) is 3. The van der Waals surface area contributed by atoms with E-state index >= 15 is 0 Å². The van der Waals surface area contributed by atoms with Gasteiger partial charge in [0.25, 0.3) is 0 Å². The number of rotatable bonds is 2. The van der Waals surface area contributed by atoms with Gasteiger partial charge in [-0.2, -0.15) is 5.11 Å². The first-order valence-electron chi connectivity index (χ1n) is 3.47. The molecule has 0 saturated heterocycles. The lowest BCUT2D eigenvalue weighted by Gasteiger charge is -2.04. The van der Waals surface area contributed by atoms with Crippen molar-refractivity contribution in [3.8, 4) is 0 Å². The minimum absolute atomic E-state index is 0.0545. The number of carboxylic acids is 1. The highest BCUT2D eigenvalue weighted by Gasteiger charge is 2.19. The third-order valence-electron chi connectivity index (χ3n) is 1.53. The molecule has 0 saturated carbocycles. The molecule has 0 aromatic heterocycles. The molecule has 1 rings (SSSR count). The van der Waals surface area contributed by atoms with Crippen LogP contribution in [0.15, 0.2) is 22.0 Å². The average molecular weight is 154 g/mol. The second kappa shape index (κ2) is 2.82. The predicted octanol–water partition coefficient (Wildman–Crippen LogP) is 1.45. The molecule has 0 bridgehead atoms. The van der Waals surface area contributed by atoms with Crippen molar-refractivity contribution in [2.75, 3.05) is 0 Å². The van der Waals surface area contributed by atoms with Crippen LogP contribution < -0.4 is 0 Å². The summed E-state index contributed by atoms with van der Waals surface area (Å²) in [4.78, 5) is 10.3. The molecule has 0 fully saturated rings. The van der Waals surface area contributed by atoms with Crippen LogP contribution >= 0.6 is 0 Å². The lowest BCUT2D eigenvalue weighted by atomic mass is 10.1. The molecule has 4 heteroatoms. The molecule has 1 aliphatic rings. The standard InChI is InChI=1S/C7H10N2O2/c1-4(2)5-3-6(7(10)11)9-8-5/h3-5H,1-2H3,(H,10,11)/t5-/m0/s1. The van der Waals surface area contributed by atoms with E-state index in [1.165, 1.54) is 0 Å². The molecule has 0 unspecified atom stereocenters. The Hall–Kier alpha value is -1.19. The van der Waals surface area contributed by atoms with Crippen LogP contribution in [0.1, 0.15) is 13.8 Å². The number of azo groups is 1. The van der Waals surface area contributed by atoms with E-state index in [-0.39, 0.29) is 11.7 Å². The SMILES string of the molecule is CC(C)[C@@H]1C=C(C(=O)O)N=N1. The average Bonchev–Trinajstić information content (AvgIpc) is 2.33. The van der Waals surface area contributed by atoms with Gasteiger partial charge < -0.3 is 5.11 Å². The number of carbonyl (C=O) groups is 1. The van der Waals surface area contributed by atoms with Crippen LogP contribution in [0.5, 0.6) is 0 Å². The Morgan fingerprint density at radius 1 is 1.73 bits per heavy atom. The van der Waals surface area contributed by atoms with Gasteiger partial charge in [0.2, 0.25) is 0 Å². The lowest BCUT2D eigenvalue weighted by molar-refractivity contribution is -0.132. The van der Waals surface area contributed by atoms with Crippen molar-refractivity contribution in [3.05, 3.63) is 11.8 Å². The summed E-state index contributed by atoms with van der Waals surface area (Å²) in [5.74, 6) is -0.688. The van der Waals surface area contributed by atoms with E-state index in [4.69, 9.17) is 5.11 Å². The fourth-order valence-corrected chi connectivity index (χ4v) is 0.797. The molecule has 0 aromatic carbocycles. The van der Waals surface area contributed by atoms with Gasteiger partial charge in [-0.05, 0) is 12.0 Å². The van der Waals surface area contributed by atoms with Gasteiger partial charge in [0.05, 0.1) is 6.04 Å². The second-order valence-electron chi connectivity index (χ2n) is 2.81. The molecule has 1 atom stereocenters. The van der Waals surface area contributed by atoms with Crippen LogP contribution in [0, 0.1) is 5.92 Å². The quantitative estimate of drug-likeness (QED) is 0.654. The van der Waals surface area contributed by atoms with Gasteiger partial charge in [-0.15, -0.1) is 5.11 Å². The van der Waals surface area contributed by atoms with Crippen molar-refractivity contribution in [3.63, 3.8) is 0 Å². The summed E-state index contributed by atoms with van der Waals surface area (Å²) in [5.41, 5.74) is 0.0590. The smallest absolute Gasteiger partial charge is 0.356 e. The first kappa shape index (κ1) is 7.91. The van der Waals surface area contributed by atoms with Crippen molar-refractivity contribution < 1.29 is 9.90 Å². The summed E-state index contributed by atoms with van der Waals surface area (Å²) in [7, 11) is 0. The Morgan fingerprint density at radius 2 is 2.36 bits per heavy atom. The Balaban J connectivity index is 2.71. The van der Waals surface area contributed by atoms with E-state index in [1.54, 1.807) is 6.08 Å². The van der Waals surface area contributed by atoms with E-state index < -0.39 is 5.97 Å². The van der Waals surface area contributed by atoms with Crippen LogP contribution in [-0.4, -0.2) is 17.1 Å². The third kappa shape index (κ3) is 1.63. The zero-order valence-corrected chi connectivity index (χ0v) is 6.48. The molecule has 11 heavy (non-hydrogen) atoms. The van der Waals surface area contributed by atoms with Gasteiger partial charge in [-0.3, -0.25) is 0 Å². The van der Waals surface area contributed by atoms with Crippen LogP contribution in [0.2, 0.25) is 0 Å². The largest absolute Gasteiger partial charge is 0.476 e. The summed E-state index contributed by atoms with van der Waals surface area (Å²) in [6.45, 7) is 3.95. The van der Waals surface area contributed by atoms with E-state index in [0.29, 0.717) is 5.92 Å². The summed E-state index contributed by atoms with van der Waals surface area (Å²) >= 11 is 0. The molecule has 4 nitrogen and oxygen atoms in total. The first-order valence-corrected chi connectivity index (χ1v) is 3.47. The maximum Gasteiger partial charge on any atom is 0.356 e. The third-order valence-corrected chi connectivity index (χ3v) is 1.53. The van der Waals surface area contributed by atoms with Crippen LogP contribution in [0.4, 0.5) is 0 Å². The maximum absolute atomic E-state index is 10.3. The predicted molar refractivity (Wildman–Crippen MR) is 39.2 cm³/mol. The summed E-state index contributed by atoms with van der Waals surface area (Å²) in [6.07, 6.45) is 1.58. The summed E-state index contributed by atoms with van der Waals surface area (Å²) in [6, 6.07) is -0.0545. The Labute approximate surface area is 64.6 Å². The Bertz CT molecular complexity index is 231. The molecule has 0 radical (unpaired) electrons. The number of hydrogen-bond donors (Lipinski definition) is 1. The van der Waals surface area contributed by atoms with Gasteiger partial charge in [0, 0.05) is 0 Å². The molecule has 1 N–H and O–H groups in total. The van der Waals surface area contributed by atoms with E-state index in [9.17, 15) is 4.79 Å². The molecule has 0 aliphatic carbocycles. The molecule has 0 aromatic rings. The molecule has 0 spiro atoms.